The minimum Gasteiger partial charge on any atom is -0.207 e. The van der Waals surface area contributed by atoms with Gasteiger partial charge in [-0.3, -0.25) is 0 Å². The lowest BCUT2D eigenvalue weighted by Crippen LogP contribution is -1.87. The highest BCUT2D eigenvalue weighted by Gasteiger charge is 2.04. The maximum absolute atomic E-state index is 13.2. The van der Waals surface area contributed by atoms with Crippen molar-refractivity contribution in [3.63, 3.8) is 0 Å². The smallest absolute Gasteiger partial charge is 0.126 e. The van der Waals surface area contributed by atoms with Gasteiger partial charge in [0, 0.05) is 0 Å². The van der Waals surface area contributed by atoms with Crippen LogP contribution >= 0.6 is 0 Å². The molecule has 0 spiro atoms. The van der Waals surface area contributed by atoms with E-state index in [1.54, 1.807) is 26.0 Å². The molecule has 0 aliphatic carbocycles. The van der Waals surface area contributed by atoms with Gasteiger partial charge in [0.05, 0.1) is 0 Å². The summed E-state index contributed by atoms with van der Waals surface area (Å²) in [6.07, 6.45) is 0. The molecule has 0 heterocycles. The summed E-state index contributed by atoms with van der Waals surface area (Å²) in [5, 5.41) is 1.49. The summed E-state index contributed by atoms with van der Waals surface area (Å²) < 4.78 is 26.4. The molecular formula is C12H10F2. The van der Waals surface area contributed by atoms with Crippen LogP contribution in [-0.4, -0.2) is 0 Å². The molecule has 72 valence electrons. The number of aryl methyl sites for hydroxylation is 2. The molecule has 0 amide bonds. The van der Waals surface area contributed by atoms with Gasteiger partial charge in [-0.05, 0) is 60.0 Å². The first-order chi connectivity index (χ1) is 6.58. The summed E-state index contributed by atoms with van der Waals surface area (Å²) in [5.74, 6) is -0.494. The topological polar surface area (TPSA) is 0 Å². The van der Waals surface area contributed by atoms with Crippen molar-refractivity contribution in [3.05, 3.63) is 47.0 Å². The van der Waals surface area contributed by atoms with Crippen LogP contribution in [0.4, 0.5) is 8.78 Å². The predicted octanol–water partition coefficient (Wildman–Crippen LogP) is 3.73. The van der Waals surface area contributed by atoms with E-state index in [2.05, 4.69) is 0 Å². The molecule has 0 saturated carbocycles. The Bertz CT molecular complexity index is 412. The van der Waals surface area contributed by atoms with E-state index in [0.29, 0.717) is 11.1 Å². The molecule has 0 aliphatic heterocycles. The highest BCUT2D eigenvalue weighted by Crippen LogP contribution is 2.21. The molecule has 0 saturated heterocycles. The molecule has 0 aromatic heterocycles. The van der Waals surface area contributed by atoms with Crippen molar-refractivity contribution in [2.75, 3.05) is 0 Å². The highest BCUT2D eigenvalue weighted by molar-refractivity contribution is 5.84. The van der Waals surface area contributed by atoms with Crippen molar-refractivity contribution in [1.29, 1.82) is 0 Å². The van der Waals surface area contributed by atoms with E-state index in [1.807, 2.05) is 0 Å². The fourth-order valence-electron chi connectivity index (χ4n) is 1.52. The molecule has 2 aromatic rings. The van der Waals surface area contributed by atoms with Gasteiger partial charge < -0.3 is 0 Å². The lowest BCUT2D eigenvalue weighted by Gasteiger charge is -2.03. The van der Waals surface area contributed by atoms with Crippen LogP contribution in [-0.2, 0) is 0 Å². The van der Waals surface area contributed by atoms with Crippen molar-refractivity contribution in [2.24, 2.45) is 0 Å². The first-order valence-electron chi connectivity index (χ1n) is 4.44. The summed E-state index contributed by atoms with van der Waals surface area (Å²) >= 11 is 0. The van der Waals surface area contributed by atoms with Crippen LogP contribution in [0.15, 0.2) is 24.3 Å². The predicted molar refractivity (Wildman–Crippen MR) is 53.3 cm³/mol. The highest BCUT2D eigenvalue weighted by atomic mass is 19.1. The van der Waals surface area contributed by atoms with Gasteiger partial charge in [-0.1, -0.05) is 0 Å². The molecule has 0 aliphatic rings. The Kier molecular flexibility index (Phi) is 1.99. The molecule has 2 rings (SSSR count). The minimum atomic E-state index is -0.247. The van der Waals surface area contributed by atoms with Gasteiger partial charge in [0.2, 0.25) is 0 Å². The van der Waals surface area contributed by atoms with E-state index >= 15 is 0 Å². The Morgan fingerprint density at radius 1 is 0.714 bits per heavy atom. The summed E-state index contributed by atoms with van der Waals surface area (Å²) in [6.45, 7) is 3.35. The summed E-state index contributed by atoms with van der Waals surface area (Å²) in [4.78, 5) is 0. The second-order valence-electron chi connectivity index (χ2n) is 3.55. The third kappa shape index (κ3) is 1.37. The van der Waals surface area contributed by atoms with E-state index in [1.165, 1.54) is 12.1 Å². The van der Waals surface area contributed by atoms with Crippen molar-refractivity contribution in [2.45, 2.75) is 13.8 Å². The number of benzene rings is 2. The Labute approximate surface area is 81.2 Å². The van der Waals surface area contributed by atoms with E-state index in [9.17, 15) is 8.78 Å². The van der Waals surface area contributed by atoms with Gasteiger partial charge in [0.15, 0.2) is 0 Å². The molecule has 2 heteroatoms. The van der Waals surface area contributed by atoms with Crippen LogP contribution < -0.4 is 0 Å². The summed E-state index contributed by atoms with van der Waals surface area (Å²) in [7, 11) is 0. The van der Waals surface area contributed by atoms with Crippen molar-refractivity contribution in [1.82, 2.24) is 0 Å². The van der Waals surface area contributed by atoms with Crippen molar-refractivity contribution >= 4 is 10.8 Å². The quantitative estimate of drug-likeness (QED) is 0.596. The molecule has 14 heavy (non-hydrogen) atoms. The van der Waals surface area contributed by atoms with Crippen LogP contribution in [0.2, 0.25) is 0 Å². The van der Waals surface area contributed by atoms with E-state index < -0.39 is 0 Å². The number of hydrogen-bond acceptors (Lipinski definition) is 0. The van der Waals surface area contributed by atoms with Gasteiger partial charge in [-0.25, -0.2) is 8.78 Å². The van der Waals surface area contributed by atoms with Gasteiger partial charge in [-0.15, -0.1) is 0 Å². The largest absolute Gasteiger partial charge is 0.207 e. The Morgan fingerprint density at radius 2 is 1.07 bits per heavy atom. The normalized spacial score (nSPS) is 10.9. The Hall–Kier alpha value is -1.44. The summed E-state index contributed by atoms with van der Waals surface area (Å²) in [6, 6.07) is 6.20. The zero-order chi connectivity index (χ0) is 10.3. The number of hydrogen-bond donors (Lipinski definition) is 0. The number of fused-ring (bicyclic) bond motifs is 1. The number of rotatable bonds is 0. The third-order valence-corrected chi connectivity index (χ3v) is 2.40. The van der Waals surface area contributed by atoms with Crippen LogP contribution in [0.25, 0.3) is 10.8 Å². The first kappa shape index (κ1) is 9.13. The fourth-order valence-corrected chi connectivity index (χ4v) is 1.52. The lowest BCUT2D eigenvalue weighted by molar-refractivity contribution is 0.616. The SMILES string of the molecule is Cc1cc2cc(F)c(C)cc2cc1F. The van der Waals surface area contributed by atoms with Crippen molar-refractivity contribution < 1.29 is 8.78 Å². The average molecular weight is 192 g/mol. The second kappa shape index (κ2) is 3.05. The molecule has 0 fully saturated rings. The van der Waals surface area contributed by atoms with Gasteiger partial charge in [0.1, 0.15) is 11.6 Å². The Morgan fingerprint density at radius 3 is 1.43 bits per heavy atom. The zero-order valence-electron chi connectivity index (χ0n) is 8.07. The van der Waals surface area contributed by atoms with Gasteiger partial charge in [-0.2, -0.15) is 0 Å². The maximum Gasteiger partial charge on any atom is 0.126 e. The second-order valence-corrected chi connectivity index (χ2v) is 3.55. The first-order valence-corrected chi connectivity index (χ1v) is 4.44. The average Bonchev–Trinajstić information content (AvgIpc) is 2.11. The van der Waals surface area contributed by atoms with E-state index in [0.717, 1.165) is 10.8 Å². The minimum absolute atomic E-state index is 0.247. The molecule has 0 radical (unpaired) electrons. The van der Waals surface area contributed by atoms with Gasteiger partial charge in [0.25, 0.3) is 0 Å². The van der Waals surface area contributed by atoms with E-state index in [4.69, 9.17) is 0 Å². The van der Waals surface area contributed by atoms with E-state index in [-0.39, 0.29) is 11.6 Å². The Balaban J connectivity index is 2.83. The molecule has 0 N–H and O–H groups in total. The molecule has 0 unspecified atom stereocenters. The number of halogens is 2. The van der Waals surface area contributed by atoms with Gasteiger partial charge >= 0.3 is 0 Å². The molecule has 0 atom stereocenters. The zero-order valence-corrected chi connectivity index (χ0v) is 8.07. The molecule has 2 aromatic carbocycles. The van der Waals surface area contributed by atoms with Crippen LogP contribution in [0.5, 0.6) is 0 Å². The lowest BCUT2D eigenvalue weighted by atomic mass is 10.0. The van der Waals surface area contributed by atoms with Crippen molar-refractivity contribution in [3.8, 4) is 0 Å². The fraction of sp³-hybridized carbons (Fsp3) is 0.167. The van der Waals surface area contributed by atoms with Crippen LogP contribution in [0, 0.1) is 25.5 Å². The van der Waals surface area contributed by atoms with Crippen LogP contribution in [0.3, 0.4) is 0 Å². The van der Waals surface area contributed by atoms with Crippen LogP contribution in [0.1, 0.15) is 11.1 Å². The maximum atomic E-state index is 13.2. The molecule has 0 bridgehead atoms. The molecular weight excluding hydrogens is 182 g/mol. The monoisotopic (exact) mass is 192 g/mol. The standard InChI is InChI=1S/C12H10F2/c1-7-3-9-6-12(14)8(2)4-10(9)5-11(7)13/h3-6H,1-2H3. The third-order valence-electron chi connectivity index (χ3n) is 2.40. The summed E-state index contributed by atoms with van der Waals surface area (Å²) in [5.41, 5.74) is 1.08. The molecule has 0 nitrogen and oxygen atoms in total.